The van der Waals surface area contributed by atoms with E-state index in [1.54, 1.807) is 65.8 Å². The zero-order chi connectivity index (χ0) is 25.7. The lowest BCUT2D eigenvalue weighted by Crippen LogP contribution is -2.33. The third-order valence-electron chi connectivity index (χ3n) is 5.43. The first-order chi connectivity index (χ1) is 16.6. The third kappa shape index (κ3) is 6.18. The van der Waals surface area contributed by atoms with E-state index in [0.717, 1.165) is 10.3 Å². The van der Waals surface area contributed by atoms with Crippen molar-refractivity contribution in [3.8, 4) is 0 Å². The van der Waals surface area contributed by atoms with Gasteiger partial charge in [0.05, 0.1) is 29.3 Å². The first-order valence-corrected chi connectivity index (χ1v) is 11.6. The van der Waals surface area contributed by atoms with Gasteiger partial charge in [0.1, 0.15) is 0 Å². The van der Waals surface area contributed by atoms with Gasteiger partial charge < -0.3 is 20.0 Å². The molecule has 7 heteroatoms. The number of allylic oxidation sites excluding steroid dienone is 2. The molecule has 2 aromatic carbocycles. The second-order valence-electron chi connectivity index (χ2n) is 9.00. The number of nitrogens with one attached hydrogen (secondary N) is 1. The molecular formula is C28H32N2O5. The van der Waals surface area contributed by atoms with E-state index < -0.39 is 17.9 Å². The molecule has 0 amide bonds. The van der Waals surface area contributed by atoms with Crippen LogP contribution in [0.3, 0.4) is 0 Å². The second kappa shape index (κ2) is 11.0. The molecule has 0 saturated heterocycles. The number of dihydropyridines is 1. The van der Waals surface area contributed by atoms with Crippen molar-refractivity contribution in [2.75, 3.05) is 0 Å². The summed E-state index contributed by atoms with van der Waals surface area (Å²) < 4.78 is 11.8. The Balaban J connectivity index is 2.06. The SMILES string of the molecule is CC1=C(C(=O)OC(C)C)C(c2ccc(/[N+]([O-])=C/c3ccccc3)cc2)C(C(=O)OC(C)C)=C(C)N1. The van der Waals surface area contributed by atoms with Crippen LogP contribution in [0.2, 0.25) is 0 Å². The van der Waals surface area contributed by atoms with E-state index in [4.69, 9.17) is 9.47 Å². The molecule has 1 N–H and O–H groups in total. The fraction of sp³-hybridized carbons (Fsp3) is 0.321. The van der Waals surface area contributed by atoms with E-state index in [2.05, 4.69) is 5.32 Å². The maximum absolute atomic E-state index is 13.1. The standard InChI is InChI=1S/C28H32N2O5/c1-17(2)34-27(31)24-19(5)29-20(6)25(28(32)35-18(3)4)26(24)22-12-14-23(15-13-22)30(33)16-21-10-8-7-9-11-21/h7-18,26,29H,1-6H3/b30-16-. The number of nitrogens with zero attached hydrogens (tertiary/aromatic N) is 1. The lowest BCUT2D eigenvalue weighted by molar-refractivity contribution is -0.354. The monoisotopic (exact) mass is 476 g/mol. The molecule has 184 valence electrons. The van der Waals surface area contributed by atoms with Gasteiger partial charge in [0, 0.05) is 29.1 Å². The van der Waals surface area contributed by atoms with Crippen LogP contribution < -0.4 is 5.32 Å². The van der Waals surface area contributed by atoms with Crippen molar-refractivity contribution < 1.29 is 23.8 Å². The van der Waals surface area contributed by atoms with Crippen LogP contribution in [0.15, 0.2) is 77.1 Å². The fourth-order valence-electron chi connectivity index (χ4n) is 3.99. The number of benzene rings is 2. The summed E-state index contributed by atoms with van der Waals surface area (Å²) in [6, 6.07) is 16.1. The number of rotatable bonds is 7. The summed E-state index contributed by atoms with van der Waals surface area (Å²) in [5, 5.41) is 15.8. The minimum absolute atomic E-state index is 0.327. The lowest BCUT2D eigenvalue weighted by atomic mass is 9.80. The zero-order valence-corrected chi connectivity index (χ0v) is 21.0. The molecule has 2 aromatic rings. The minimum Gasteiger partial charge on any atom is -0.618 e. The van der Waals surface area contributed by atoms with Crippen LogP contribution in [0.1, 0.15) is 58.6 Å². The third-order valence-corrected chi connectivity index (χ3v) is 5.43. The normalized spacial score (nSPS) is 14.9. The quantitative estimate of drug-likeness (QED) is 0.197. The number of carbonyl (C=O) groups is 2. The summed E-state index contributed by atoms with van der Waals surface area (Å²) in [7, 11) is 0. The molecule has 0 saturated carbocycles. The molecule has 0 spiro atoms. The molecule has 1 aliphatic rings. The van der Waals surface area contributed by atoms with Crippen LogP contribution in [0.5, 0.6) is 0 Å². The van der Waals surface area contributed by atoms with Gasteiger partial charge in [-0.2, -0.15) is 4.74 Å². The van der Waals surface area contributed by atoms with Gasteiger partial charge in [0.2, 0.25) is 5.69 Å². The zero-order valence-electron chi connectivity index (χ0n) is 21.0. The molecule has 0 unspecified atom stereocenters. The molecule has 7 nitrogen and oxygen atoms in total. The Hall–Kier alpha value is -3.87. The Morgan fingerprint density at radius 2 is 1.34 bits per heavy atom. The molecule has 35 heavy (non-hydrogen) atoms. The Morgan fingerprint density at radius 3 is 1.80 bits per heavy atom. The van der Waals surface area contributed by atoms with Gasteiger partial charge >= 0.3 is 11.9 Å². The highest BCUT2D eigenvalue weighted by atomic mass is 16.5. The first-order valence-electron chi connectivity index (χ1n) is 11.6. The first kappa shape index (κ1) is 25.7. The van der Waals surface area contributed by atoms with Crippen molar-refractivity contribution >= 4 is 23.8 Å². The smallest absolute Gasteiger partial charge is 0.337 e. The van der Waals surface area contributed by atoms with Crippen LogP contribution in [0.25, 0.3) is 0 Å². The number of hydrogen-bond acceptors (Lipinski definition) is 6. The summed E-state index contributed by atoms with van der Waals surface area (Å²) in [5.41, 5.74) is 3.75. The van der Waals surface area contributed by atoms with E-state index >= 15 is 0 Å². The van der Waals surface area contributed by atoms with Gasteiger partial charge in [0.15, 0.2) is 6.21 Å². The van der Waals surface area contributed by atoms with E-state index in [0.29, 0.717) is 33.8 Å². The highest BCUT2D eigenvalue weighted by Gasteiger charge is 2.38. The van der Waals surface area contributed by atoms with Gasteiger partial charge in [-0.25, -0.2) is 9.59 Å². The van der Waals surface area contributed by atoms with Crippen LogP contribution in [0, 0.1) is 5.21 Å². The van der Waals surface area contributed by atoms with Gasteiger partial charge in [-0.05, 0) is 59.2 Å². The summed E-state index contributed by atoms with van der Waals surface area (Å²) >= 11 is 0. The van der Waals surface area contributed by atoms with Crippen molar-refractivity contribution in [3.63, 3.8) is 0 Å². The maximum atomic E-state index is 13.1. The molecule has 0 aromatic heterocycles. The van der Waals surface area contributed by atoms with E-state index in [1.807, 2.05) is 30.3 Å². The van der Waals surface area contributed by atoms with Crippen LogP contribution >= 0.6 is 0 Å². The number of esters is 2. The van der Waals surface area contributed by atoms with E-state index in [1.165, 1.54) is 6.21 Å². The van der Waals surface area contributed by atoms with Crippen LogP contribution in [0.4, 0.5) is 5.69 Å². The molecule has 0 atom stereocenters. The van der Waals surface area contributed by atoms with Gasteiger partial charge in [0.25, 0.3) is 0 Å². The highest BCUT2D eigenvalue weighted by Crippen LogP contribution is 2.40. The van der Waals surface area contributed by atoms with Crippen LogP contribution in [-0.2, 0) is 19.1 Å². The fourth-order valence-corrected chi connectivity index (χ4v) is 3.99. The largest absolute Gasteiger partial charge is 0.618 e. The average Bonchev–Trinajstić information content (AvgIpc) is 2.78. The Morgan fingerprint density at radius 1 is 0.857 bits per heavy atom. The molecule has 0 fully saturated rings. The van der Waals surface area contributed by atoms with Gasteiger partial charge in [-0.1, -0.05) is 30.3 Å². The number of hydrogen-bond donors (Lipinski definition) is 1. The number of ether oxygens (including phenoxy) is 2. The minimum atomic E-state index is -0.707. The molecule has 1 heterocycles. The summed E-state index contributed by atoms with van der Waals surface area (Å²) in [5.74, 6) is -1.73. The topological polar surface area (TPSA) is 90.7 Å². The van der Waals surface area contributed by atoms with E-state index in [9.17, 15) is 14.8 Å². The summed E-state index contributed by atoms with van der Waals surface area (Å²) in [6.45, 7) is 10.6. The van der Waals surface area contributed by atoms with Crippen molar-refractivity contribution in [1.29, 1.82) is 0 Å². The molecular weight excluding hydrogens is 444 g/mol. The summed E-state index contributed by atoms with van der Waals surface area (Å²) in [4.78, 5) is 26.2. The molecule has 0 aliphatic carbocycles. The molecule has 1 aliphatic heterocycles. The Labute approximate surface area is 206 Å². The summed E-state index contributed by atoms with van der Waals surface area (Å²) in [6.07, 6.45) is 0.836. The van der Waals surface area contributed by atoms with Gasteiger partial charge in [-0.3, -0.25) is 0 Å². The van der Waals surface area contributed by atoms with Crippen molar-refractivity contribution in [2.45, 2.75) is 59.7 Å². The molecule has 0 bridgehead atoms. The van der Waals surface area contributed by atoms with Crippen molar-refractivity contribution in [2.24, 2.45) is 0 Å². The van der Waals surface area contributed by atoms with E-state index in [-0.39, 0.29) is 12.2 Å². The lowest BCUT2D eigenvalue weighted by Gasteiger charge is -2.31. The molecule has 0 radical (unpaired) electrons. The predicted molar refractivity (Wildman–Crippen MR) is 135 cm³/mol. The second-order valence-corrected chi connectivity index (χ2v) is 9.00. The molecule has 3 rings (SSSR count). The maximum Gasteiger partial charge on any atom is 0.337 e. The van der Waals surface area contributed by atoms with Crippen LogP contribution in [-0.4, -0.2) is 35.1 Å². The highest BCUT2D eigenvalue weighted by molar-refractivity contribution is 6.00. The van der Waals surface area contributed by atoms with Crippen molar-refractivity contribution in [3.05, 3.63) is 93.5 Å². The van der Waals surface area contributed by atoms with Crippen molar-refractivity contribution in [1.82, 2.24) is 5.32 Å². The number of carbonyl (C=O) groups excluding carboxylic acids is 2. The Bertz CT molecular complexity index is 1130. The average molecular weight is 477 g/mol. The predicted octanol–water partition coefficient (Wildman–Crippen LogP) is 5.09. The van der Waals surface area contributed by atoms with Gasteiger partial charge in [-0.15, -0.1) is 0 Å². The Kier molecular flexibility index (Phi) is 8.12.